The van der Waals surface area contributed by atoms with Crippen molar-refractivity contribution < 1.29 is 9.90 Å². The summed E-state index contributed by atoms with van der Waals surface area (Å²) in [5.41, 5.74) is 2.00. The number of para-hydroxylation sites is 1. The van der Waals surface area contributed by atoms with E-state index in [1.807, 2.05) is 30.5 Å². The van der Waals surface area contributed by atoms with Crippen molar-refractivity contribution in [3.05, 3.63) is 36.0 Å². The largest absolute Gasteiger partial charge is 0.548 e. The Kier molecular flexibility index (Phi) is 2.92. The van der Waals surface area contributed by atoms with Crippen LogP contribution in [0, 0.1) is 0 Å². The van der Waals surface area contributed by atoms with E-state index in [1.165, 1.54) is 0 Å². The minimum Gasteiger partial charge on any atom is -0.548 e. The van der Waals surface area contributed by atoms with Crippen LogP contribution in [0.5, 0.6) is 0 Å². The number of hydrogen-bond acceptors (Lipinski definition) is 3. The summed E-state index contributed by atoms with van der Waals surface area (Å²) in [4.78, 5) is 13.9. The molecule has 1 heterocycles. The average molecular weight is 217 g/mol. The third-order valence-corrected chi connectivity index (χ3v) is 2.73. The van der Waals surface area contributed by atoms with Gasteiger partial charge < -0.3 is 20.2 Å². The van der Waals surface area contributed by atoms with Gasteiger partial charge in [0.2, 0.25) is 0 Å². The summed E-state index contributed by atoms with van der Waals surface area (Å²) in [5.74, 6) is -1.08. The predicted molar refractivity (Wildman–Crippen MR) is 59.9 cm³/mol. The number of carboxylic acids is 1. The molecule has 0 radical (unpaired) electrons. The molecule has 1 aromatic heterocycles. The van der Waals surface area contributed by atoms with Crippen molar-refractivity contribution in [2.45, 2.75) is 12.5 Å². The third-order valence-electron chi connectivity index (χ3n) is 2.73. The minimum absolute atomic E-state index is 0.419. The number of benzene rings is 1. The van der Waals surface area contributed by atoms with Gasteiger partial charge in [-0.15, -0.1) is 0 Å². The van der Waals surface area contributed by atoms with Crippen LogP contribution in [0.25, 0.3) is 10.9 Å². The number of hydrogen-bond donors (Lipinski definition) is 2. The fraction of sp³-hybridized carbons (Fsp3) is 0.250. The second kappa shape index (κ2) is 4.37. The Morgan fingerprint density at radius 2 is 2.25 bits per heavy atom. The molecule has 0 aliphatic rings. The van der Waals surface area contributed by atoms with Crippen LogP contribution in [0.2, 0.25) is 0 Å². The maximum atomic E-state index is 10.8. The minimum atomic E-state index is -1.08. The molecule has 1 atom stereocenters. The Balaban J connectivity index is 2.30. The Hall–Kier alpha value is -1.81. The lowest BCUT2D eigenvalue weighted by Crippen LogP contribution is -2.45. The van der Waals surface area contributed by atoms with Gasteiger partial charge in [0, 0.05) is 17.1 Å². The SMILES string of the molecule is CN[C@H](Cc1c[nH]c2ccccc12)C(=O)[O-]. The first kappa shape index (κ1) is 10.7. The van der Waals surface area contributed by atoms with Crippen LogP contribution < -0.4 is 10.4 Å². The number of aliphatic carboxylic acids is 1. The Bertz CT molecular complexity index is 504. The van der Waals surface area contributed by atoms with Crippen molar-refractivity contribution in [3.63, 3.8) is 0 Å². The number of rotatable bonds is 4. The van der Waals surface area contributed by atoms with E-state index < -0.39 is 12.0 Å². The highest BCUT2D eigenvalue weighted by Crippen LogP contribution is 2.18. The van der Waals surface area contributed by atoms with Crippen LogP contribution in [0.3, 0.4) is 0 Å². The first-order chi connectivity index (χ1) is 7.72. The van der Waals surface area contributed by atoms with Gasteiger partial charge in [0.05, 0.1) is 12.0 Å². The van der Waals surface area contributed by atoms with Crippen LogP contribution in [-0.2, 0) is 11.2 Å². The summed E-state index contributed by atoms with van der Waals surface area (Å²) < 4.78 is 0. The van der Waals surface area contributed by atoms with Crippen molar-refractivity contribution in [1.29, 1.82) is 0 Å². The number of likely N-dealkylation sites (N-methyl/N-ethyl adjacent to an activating group) is 1. The fourth-order valence-electron chi connectivity index (χ4n) is 1.82. The molecule has 0 unspecified atom stereocenters. The normalized spacial score (nSPS) is 12.8. The lowest BCUT2D eigenvalue weighted by Gasteiger charge is -2.16. The Morgan fingerprint density at radius 3 is 2.94 bits per heavy atom. The van der Waals surface area contributed by atoms with Crippen molar-refractivity contribution >= 4 is 16.9 Å². The molecule has 1 aromatic carbocycles. The van der Waals surface area contributed by atoms with Crippen LogP contribution in [0.1, 0.15) is 5.56 Å². The number of aromatic amines is 1. The Labute approximate surface area is 93.3 Å². The van der Waals surface area contributed by atoms with Gasteiger partial charge in [-0.3, -0.25) is 0 Å². The monoisotopic (exact) mass is 217 g/mol. The van der Waals surface area contributed by atoms with Gasteiger partial charge >= 0.3 is 0 Å². The molecule has 4 nitrogen and oxygen atoms in total. The predicted octanol–water partition coefficient (Wildman–Crippen LogP) is 0.0483. The number of fused-ring (bicyclic) bond motifs is 1. The summed E-state index contributed by atoms with van der Waals surface area (Å²) in [6, 6.07) is 7.17. The fourth-order valence-corrected chi connectivity index (χ4v) is 1.82. The van der Waals surface area contributed by atoms with E-state index in [2.05, 4.69) is 10.3 Å². The van der Waals surface area contributed by atoms with Crippen molar-refractivity contribution in [3.8, 4) is 0 Å². The standard InChI is InChI=1S/C12H14N2O2/c1-13-11(12(15)16)6-8-7-14-10-5-3-2-4-9(8)10/h2-5,7,11,13-14H,6H2,1H3,(H,15,16)/p-1/t11-/m1/s1. The summed E-state index contributed by atoms with van der Waals surface area (Å²) in [6.45, 7) is 0. The van der Waals surface area contributed by atoms with E-state index in [4.69, 9.17) is 0 Å². The summed E-state index contributed by atoms with van der Waals surface area (Å²) >= 11 is 0. The third kappa shape index (κ3) is 1.92. The van der Waals surface area contributed by atoms with Crippen LogP contribution in [0.4, 0.5) is 0 Å². The van der Waals surface area contributed by atoms with Gasteiger partial charge in [-0.25, -0.2) is 0 Å². The molecule has 16 heavy (non-hydrogen) atoms. The molecule has 2 rings (SSSR count). The zero-order valence-electron chi connectivity index (χ0n) is 8.99. The van der Waals surface area contributed by atoms with Gasteiger partial charge in [-0.1, -0.05) is 18.2 Å². The summed E-state index contributed by atoms with van der Waals surface area (Å²) in [6.07, 6.45) is 2.26. The van der Waals surface area contributed by atoms with E-state index in [0.29, 0.717) is 6.42 Å². The first-order valence-electron chi connectivity index (χ1n) is 5.15. The van der Waals surface area contributed by atoms with E-state index in [9.17, 15) is 9.90 Å². The second-order valence-electron chi connectivity index (χ2n) is 3.72. The number of H-pyrrole nitrogens is 1. The number of aromatic nitrogens is 1. The molecule has 0 amide bonds. The van der Waals surface area contributed by atoms with Gasteiger partial charge in [-0.2, -0.15) is 0 Å². The van der Waals surface area contributed by atoms with E-state index >= 15 is 0 Å². The van der Waals surface area contributed by atoms with E-state index in [1.54, 1.807) is 7.05 Å². The molecule has 0 saturated heterocycles. The highest BCUT2D eigenvalue weighted by Gasteiger charge is 2.11. The van der Waals surface area contributed by atoms with Gasteiger partial charge in [0.1, 0.15) is 0 Å². The van der Waals surface area contributed by atoms with E-state index in [0.717, 1.165) is 16.5 Å². The summed E-state index contributed by atoms with van der Waals surface area (Å²) in [5, 5.41) is 14.6. The Morgan fingerprint density at radius 1 is 1.50 bits per heavy atom. The van der Waals surface area contributed by atoms with Crippen LogP contribution in [0.15, 0.2) is 30.5 Å². The average Bonchev–Trinajstić information content (AvgIpc) is 2.69. The summed E-state index contributed by atoms with van der Waals surface area (Å²) in [7, 11) is 1.62. The zero-order chi connectivity index (χ0) is 11.5. The van der Waals surface area contributed by atoms with Gasteiger partial charge in [-0.05, 0) is 25.1 Å². The molecule has 0 bridgehead atoms. The van der Waals surface area contributed by atoms with Crippen LogP contribution in [-0.4, -0.2) is 24.0 Å². The maximum Gasteiger partial charge on any atom is 0.0587 e. The highest BCUT2D eigenvalue weighted by atomic mass is 16.4. The van der Waals surface area contributed by atoms with Crippen molar-refractivity contribution in [1.82, 2.24) is 10.3 Å². The molecule has 0 fully saturated rings. The quantitative estimate of drug-likeness (QED) is 0.760. The molecule has 2 N–H and O–H groups in total. The topological polar surface area (TPSA) is 68.0 Å². The van der Waals surface area contributed by atoms with Crippen molar-refractivity contribution in [2.75, 3.05) is 7.05 Å². The molecule has 0 aliphatic heterocycles. The molecular weight excluding hydrogens is 204 g/mol. The number of nitrogens with one attached hydrogen (secondary N) is 2. The molecule has 0 saturated carbocycles. The maximum absolute atomic E-state index is 10.8. The van der Waals surface area contributed by atoms with Crippen LogP contribution >= 0.6 is 0 Å². The van der Waals surface area contributed by atoms with E-state index in [-0.39, 0.29) is 0 Å². The van der Waals surface area contributed by atoms with Gasteiger partial charge in [0.25, 0.3) is 0 Å². The highest BCUT2D eigenvalue weighted by molar-refractivity contribution is 5.84. The first-order valence-corrected chi connectivity index (χ1v) is 5.15. The zero-order valence-corrected chi connectivity index (χ0v) is 8.99. The smallest absolute Gasteiger partial charge is 0.0587 e. The molecular formula is C12H13N2O2-. The lowest BCUT2D eigenvalue weighted by molar-refractivity contribution is -0.308. The molecule has 2 aromatic rings. The molecule has 84 valence electrons. The second-order valence-corrected chi connectivity index (χ2v) is 3.72. The lowest BCUT2D eigenvalue weighted by atomic mass is 10.1. The molecule has 0 spiro atoms. The number of carbonyl (C=O) groups is 1. The number of carboxylic acid groups (broad SMARTS) is 1. The molecule has 0 aliphatic carbocycles. The number of carbonyl (C=O) groups excluding carboxylic acids is 1. The van der Waals surface area contributed by atoms with Crippen molar-refractivity contribution in [2.24, 2.45) is 0 Å². The molecule has 4 heteroatoms. The van der Waals surface area contributed by atoms with Gasteiger partial charge in [0.15, 0.2) is 0 Å².